The largest absolute Gasteiger partial charge is 0.239 e. The molecule has 0 spiro atoms. The molecular formula is C14H11Br3O2S. The van der Waals surface area contributed by atoms with Crippen LogP contribution in [0.3, 0.4) is 0 Å². The summed E-state index contributed by atoms with van der Waals surface area (Å²) in [6.45, 7) is 0. The van der Waals surface area contributed by atoms with Crippen LogP contribution in [0.25, 0.3) is 0 Å². The van der Waals surface area contributed by atoms with Gasteiger partial charge in [-0.05, 0) is 77.5 Å². The maximum Gasteiger partial charge on any atom is 0.239 e. The predicted octanol–water partition coefficient (Wildman–Crippen LogP) is 4.85. The molecule has 0 aliphatic carbocycles. The zero-order valence-electron chi connectivity index (χ0n) is 10.3. The Balaban J connectivity index is 2.34. The molecule has 0 N–H and O–H groups in total. The molecule has 0 aliphatic rings. The molecule has 20 heavy (non-hydrogen) atoms. The van der Waals surface area contributed by atoms with Gasteiger partial charge in [0, 0.05) is 0 Å². The van der Waals surface area contributed by atoms with E-state index in [-0.39, 0.29) is 4.90 Å². The van der Waals surface area contributed by atoms with E-state index in [1.54, 1.807) is 18.2 Å². The van der Waals surface area contributed by atoms with Crippen molar-refractivity contribution in [2.24, 2.45) is 0 Å². The summed E-state index contributed by atoms with van der Waals surface area (Å²) in [7, 11) is -3.54. The number of halogens is 3. The van der Waals surface area contributed by atoms with Crippen LogP contribution in [0.2, 0.25) is 0 Å². The highest BCUT2D eigenvalue weighted by molar-refractivity contribution is 9.42. The van der Waals surface area contributed by atoms with Gasteiger partial charge in [-0.25, -0.2) is 8.42 Å². The number of benzene rings is 2. The van der Waals surface area contributed by atoms with Crippen molar-refractivity contribution in [1.82, 2.24) is 0 Å². The highest BCUT2D eigenvalue weighted by atomic mass is 80.0. The molecule has 0 heterocycles. The van der Waals surface area contributed by atoms with Crippen LogP contribution < -0.4 is 0 Å². The van der Waals surface area contributed by atoms with Gasteiger partial charge >= 0.3 is 0 Å². The van der Waals surface area contributed by atoms with Crippen LogP contribution in [0.15, 0.2) is 59.5 Å². The first-order chi connectivity index (χ1) is 9.30. The smallest absolute Gasteiger partial charge is 0.220 e. The lowest BCUT2D eigenvalue weighted by Crippen LogP contribution is -2.17. The minimum Gasteiger partial charge on any atom is -0.220 e. The van der Waals surface area contributed by atoms with E-state index >= 15 is 0 Å². The zero-order valence-corrected chi connectivity index (χ0v) is 15.8. The lowest BCUT2D eigenvalue weighted by Gasteiger charge is -2.14. The van der Waals surface area contributed by atoms with Crippen molar-refractivity contribution in [3.8, 4) is 0 Å². The molecule has 0 unspecified atom stereocenters. The fraction of sp³-hybridized carbons (Fsp3) is 0.143. The molecule has 0 radical (unpaired) electrons. The normalized spacial score (nSPS) is 12.3. The van der Waals surface area contributed by atoms with Crippen LogP contribution in [0.4, 0.5) is 0 Å². The molecule has 0 aromatic heterocycles. The molecule has 2 nitrogen and oxygen atoms in total. The molecule has 0 fully saturated rings. The Kier molecular flexibility index (Phi) is 5.10. The average Bonchev–Trinajstić information content (AvgIpc) is 2.39. The second kappa shape index (κ2) is 6.30. The number of hydrogen-bond donors (Lipinski definition) is 0. The van der Waals surface area contributed by atoms with E-state index < -0.39 is 11.3 Å². The van der Waals surface area contributed by atoms with Crippen molar-refractivity contribution in [3.63, 3.8) is 0 Å². The molecule has 0 amide bonds. The van der Waals surface area contributed by atoms with E-state index in [1.807, 2.05) is 36.4 Å². The summed E-state index contributed by atoms with van der Waals surface area (Å²) in [6, 6.07) is 16.9. The van der Waals surface area contributed by atoms with E-state index in [2.05, 4.69) is 47.8 Å². The maximum atomic E-state index is 12.3. The Labute approximate surface area is 143 Å². The summed E-state index contributed by atoms with van der Waals surface area (Å²) in [6.07, 6.45) is 0.698. The number of rotatable bonds is 3. The van der Waals surface area contributed by atoms with E-state index in [0.717, 1.165) is 11.1 Å². The first-order valence-corrected chi connectivity index (χ1v) is 9.61. The lowest BCUT2D eigenvalue weighted by molar-refractivity contribution is 0.598. The Morgan fingerprint density at radius 1 is 0.850 bits per heavy atom. The Hall–Kier alpha value is -0.170. The molecular weight excluding hydrogens is 472 g/mol. The fourth-order valence-electron chi connectivity index (χ4n) is 1.79. The first kappa shape index (κ1) is 16.2. The van der Waals surface area contributed by atoms with Crippen molar-refractivity contribution in [1.29, 1.82) is 0 Å². The molecule has 2 rings (SSSR count). The van der Waals surface area contributed by atoms with E-state index in [0.29, 0.717) is 6.42 Å². The molecule has 0 bridgehead atoms. The number of sulfone groups is 1. The van der Waals surface area contributed by atoms with Crippen molar-refractivity contribution in [2.75, 3.05) is 0 Å². The van der Waals surface area contributed by atoms with Gasteiger partial charge in [0.2, 0.25) is 11.3 Å². The van der Waals surface area contributed by atoms with Crippen LogP contribution in [-0.4, -0.2) is 9.89 Å². The van der Waals surface area contributed by atoms with Crippen LogP contribution >= 0.6 is 47.8 Å². The van der Waals surface area contributed by atoms with Crippen LogP contribution in [0.5, 0.6) is 0 Å². The van der Waals surface area contributed by atoms with Gasteiger partial charge in [0.05, 0.1) is 4.90 Å². The predicted molar refractivity (Wildman–Crippen MR) is 92.4 cm³/mol. The van der Waals surface area contributed by atoms with E-state index in [4.69, 9.17) is 0 Å². The van der Waals surface area contributed by atoms with Crippen LogP contribution in [0, 0.1) is 0 Å². The van der Waals surface area contributed by atoms with E-state index in [1.165, 1.54) is 0 Å². The molecule has 106 valence electrons. The highest BCUT2D eigenvalue weighted by Gasteiger charge is 2.37. The Morgan fingerprint density at radius 2 is 1.45 bits per heavy atom. The molecule has 0 saturated heterocycles. The minimum atomic E-state index is -3.54. The summed E-state index contributed by atoms with van der Waals surface area (Å²) in [4.78, 5) is 0.261. The van der Waals surface area contributed by atoms with Crippen molar-refractivity contribution in [2.45, 2.75) is 12.8 Å². The second-order valence-corrected chi connectivity index (χ2v) is 14.7. The standard InChI is InChI=1S/C14H11Br3O2S/c15-14(16,17)20(18,19)13-8-4-7-12(10-13)9-11-5-2-1-3-6-11/h1-8,10H,9H2. The summed E-state index contributed by atoms with van der Waals surface area (Å²) in [5.41, 5.74) is 2.10. The van der Waals surface area contributed by atoms with Gasteiger partial charge in [0.1, 0.15) is 0 Å². The van der Waals surface area contributed by atoms with Gasteiger partial charge in [-0.15, -0.1) is 0 Å². The van der Waals surface area contributed by atoms with Gasteiger partial charge in [-0.1, -0.05) is 42.5 Å². The van der Waals surface area contributed by atoms with Gasteiger partial charge in [-0.2, -0.15) is 0 Å². The van der Waals surface area contributed by atoms with Crippen LogP contribution in [-0.2, 0) is 16.3 Å². The maximum absolute atomic E-state index is 12.3. The van der Waals surface area contributed by atoms with Gasteiger partial charge < -0.3 is 0 Å². The molecule has 6 heteroatoms. The lowest BCUT2D eigenvalue weighted by atomic mass is 10.1. The van der Waals surface area contributed by atoms with Crippen molar-refractivity contribution < 1.29 is 8.42 Å². The van der Waals surface area contributed by atoms with Gasteiger partial charge in [-0.3, -0.25) is 0 Å². The van der Waals surface area contributed by atoms with Gasteiger partial charge in [0.15, 0.2) is 0 Å². The third-order valence-corrected chi connectivity index (χ3v) is 8.08. The summed E-state index contributed by atoms with van der Waals surface area (Å²) < 4.78 is 23.3. The minimum absolute atomic E-state index is 0.261. The van der Waals surface area contributed by atoms with E-state index in [9.17, 15) is 8.42 Å². The summed E-state index contributed by atoms with van der Waals surface area (Å²) >= 11 is 9.22. The highest BCUT2D eigenvalue weighted by Crippen LogP contribution is 2.43. The summed E-state index contributed by atoms with van der Waals surface area (Å²) in [5.74, 6) is 0. The molecule has 2 aromatic carbocycles. The third kappa shape index (κ3) is 3.72. The molecule has 0 aliphatic heterocycles. The van der Waals surface area contributed by atoms with Gasteiger partial charge in [0.25, 0.3) is 0 Å². The molecule has 0 atom stereocenters. The zero-order chi connectivity index (χ0) is 14.8. The second-order valence-electron chi connectivity index (χ2n) is 4.26. The van der Waals surface area contributed by atoms with Crippen molar-refractivity contribution >= 4 is 57.6 Å². The summed E-state index contributed by atoms with van der Waals surface area (Å²) in [5, 5.41) is 0. The monoisotopic (exact) mass is 480 g/mol. The first-order valence-electron chi connectivity index (χ1n) is 5.75. The fourth-order valence-corrected chi connectivity index (χ4v) is 4.30. The Bertz CT molecular complexity index is 692. The molecule has 0 saturated carbocycles. The third-order valence-electron chi connectivity index (χ3n) is 2.76. The Morgan fingerprint density at radius 3 is 2.05 bits per heavy atom. The number of alkyl halides is 3. The average molecular weight is 483 g/mol. The van der Waals surface area contributed by atoms with Crippen molar-refractivity contribution in [3.05, 3.63) is 65.7 Å². The SMILES string of the molecule is O=S(=O)(c1cccc(Cc2ccccc2)c1)C(Br)(Br)Br. The van der Waals surface area contributed by atoms with Crippen LogP contribution in [0.1, 0.15) is 11.1 Å². The quantitative estimate of drug-likeness (QED) is 0.586. The number of hydrogen-bond acceptors (Lipinski definition) is 2. The topological polar surface area (TPSA) is 34.1 Å². The molecule has 2 aromatic rings.